The van der Waals surface area contributed by atoms with Crippen molar-refractivity contribution < 1.29 is 9.59 Å². The monoisotopic (exact) mass is 344 g/mol. The molecule has 0 aromatic carbocycles. The van der Waals surface area contributed by atoms with Gasteiger partial charge in [0.15, 0.2) is 0 Å². The molecule has 1 fully saturated rings. The van der Waals surface area contributed by atoms with Gasteiger partial charge in [-0.3, -0.25) is 19.4 Å². The third-order valence-corrected chi connectivity index (χ3v) is 4.03. The molecule has 0 aliphatic heterocycles. The molecule has 2 aromatic rings. The zero-order chi connectivity index (χ0) is 18.0. The van der Waals surface area contributed by atoms with Crippen molar-refractivity contribution in [3.8, 4) is 5.95 Å². The van der Waals surface area contributed by atoms with Crippen molar-refractivity contribution in [2.24, 2.45) is 0 Å². The highest BCUT2D eigenvalue weighted by Crippen LogP contribution is 2.18. The number of anilines is 1. The lowest BCUT2D eigenvalue weighted by atomic mass is 10.2. The summed E-state index contributed by atoms with van der Waals surface area (Å²) in [5.41, 5.74) is 0.797. The van der Waals surface area contributed by atoms with E-state index in [-0.39, 0.29) is 23.4 Å². The van der Waals surface area contributed by atoms with Gasteiger partial charge in [-0.2, -0.15) is 9.78 Å². The lowest BCUT2D eigenvalue weighted by molar-refractivity contribution is -0.136. The number of aromatic amines is 1. The molecular weight excluding hydrogens is 324 g/mol. The Bertz CT molecular complexity index is 863. The van der Waals surface area contributed by atoms with E-state index < -0.39 is 11.8 Å². The van der Waals surface area contributed by atoms with Gasteiger partial charge in [0.1, 0.15) is 5.82 Å². The number of nitrogens with zero attached hydrogens (tertiary/aromatic N) is 3. The maximum absolute atomic E-state index is 12.2. The zero-order valence-electron chi connectivity index (χ0n) is 14.1. The fraction of sp³-hybridized carbons (Fsp3) is 0.438. The second kappa shape index (κ2) is 6.88. The van der Waals surface area contributed by atoms with E-state index in [2.05, 4.69) is 25.7 Å². The van der Waals surface area contributed by atoms with Gasteiger partial charge >= 0.3 is 11.8 Å². The predicted molar refractivity (Wildman–Crippen MR) is 90.5 cm³/mol. The minimum Gasteiger partial charge on any atom is -0.345 e. The van der Waals surface area contributed by atoms with E-state index in [1.54, 1.807) is 19.9 Å². The summed E-state index contributed by atoms with van der Waals surface area (Å²) in [4.78, 5) is 42.6. The topological polar surface area (TPSA) is 122 Å². The zero-order valence-corrected chi connectivity index (χ0v) is 14.1. The van der Waals surface area contributed by atoms with E-state index in [0.717, 1.165) is 25.7 Å². The highest BCUT2D eigenvalue weighted by Gasteiger charge is 2.23. The second-order valence-corrected chi connectivity index (χ2v) is 6.20. The van der Waals surface area contributed by atoms with Crippen LogP contribution in [0.3, 0.4) is 0 Å². The predicted octanol–water partition coefficient (Wildman–Crippen LogP) is 0.570. The van der Waals surface area contributed by atoms with Crippen LogP contribution < -0.4 is 16.2 Å². The van der Waals surface area contributed by atoms with Gasteiger partial charge in [-0.15, -0.1) is 0 Å². The molecule has 0 unspecified atom stereocenters. The summed E-state index contributed by atoms with van der Waals surface area (Å²) in [5.74, 6) is -1.02. The van der Waals surface area contributed by atoms with Crippen LogP contribution in [0.15, 0.2) is 16.9 Å². The molecule has 1 aliphatic rings. The fourth-order valence-corrected chi connectivity index (χ4v) is 2.91. The van der Waals surface area contributed by atoms with Crippen LogP contribution in [0.2, 0.25) is 0 Å². The summed E-state index contributed by atoms with van der Waals surface area (Å²) < 4.78 is 1.30. The average Bonchev–Trinajstić information content (AvgIpc) is 3.16. The standard InChI is InChI=1S/C16H20N6O3/c1-9-8-13(23)20-16(17-9)22-12(7-10(2)21-22)19-15(25)14(24)18-11-5-3-4-6-11/h7-8,11H,3-6H2,1-2H3,(H,18,24)(H,19,25)(H,17,20,23). The van der Waals surface area contributed by atoms with Gasteiger partial charge in [0.25, 0.3) is 5.56 Å². The van der Waals surface area contributed by atoms with Gasteiger partial charge in [0, 0.05) is 23.9 Å². The van der Waals surface area contributed by atoms with Crippen LogP contribution in [0, 0.1) is 13.8 Å². The number of hydrogen-bond acceptors (Lipinski definition) is 5. The maximum Gasteiger partial charge on any atom is 0.314 e. The van der Waals surface area contributed by atoms with E-state index in [4.69, 9.17) is 0 Å². The number of hydrogen-bond donors (Lipinski definition) is 3. The Labute approximate surface area is 143 Å². The SMILES string of the molecule is Cc1cc(=O)[nH]c(-n2nc(C)cc2NC(=O)C(=O)NC2CCCC2)n1. The van der Waals surface area contributed by atoms with Crippen LogP contribution in [0.1, 0.15) is 37.1 Å². The number of rotatable bonds is 3. The number of aromatic nitrogens is 4. The van der Waals surface area contributed by atoms with Crippen molar-refractivity contribution in [1.29, 1.82) is 0 Å². The van der Waals surface area contributed by atoms with Gasteiger partial charge in [0.2, 0.25) is 5.95 Å². The summed E-state index contributed by atoms with van der Waals surface area (Å²) in [7, 11) is 0. The Kier molecular flexibility index (Phi) is 4.64. The molecule has 2 heterocycles. The van der Waals surface area contributed by atoms with Crippen LogP contribution >= 0.6 is 0 Å². The number of amides is 2. The van der Waals surface area contributed by atoms with Crippen LogP contribution in [0.25, 0.3) is 5.95 Å². The Balaban J connectivity index is 1.79. The van der Waals surface area contributed by atoms with E-state index >= 15 is 0 Å². The molecular formula is C16H20N6O3. The van der Waals surface area contributed by atoms with Crippen molar-refractivity contribution in [3.05, 3.63) is 33.9 Å². The average molecular weight is 344 g/mol. The van der Waals surface area contributed by atoms with E-state index in [1.807, 2.05) is 0 Å². The number of H-pyrrole nitrogens is 1. The molecule has 3 N–H and O–H groups in total. The molecule has 0 radical (unpaired) electrons. The molecule has 9 heteroatoms. The van der Waals surface area contributed by atoms with Gasteiger partial charge in [-0.25, -0.2) is 4.98 Å². The van der Waals surface area contributed by atoms with Crippen LogP contribution in [-0.2, 0) is 9.59 Å². The molecule has 0 saturated heterocycles. The molecule has 2 aromatic heterocycles. The molecule has 0 atom stereocenters. The summed E-state index contributed by atoms with van der Waals surface area (Å²) in [6, 6.07) is 3.01. The number of carbonyl (C=O) groups is 2. The Morgan fingerprint density at radius 2 is 1.88 bits per heavy atom. The molecule has 132 valence electrons. The quantitative estimate of drug-likeness (QED) is 0.703. The number of nitrogens with one attached hydrogen (secondary N) is 3. The molecule has 25 heavy (non-hydrogen) atoms. The summed E-state index contributed by atoms with van der Waals surface area (Å²) in [6.45, 7) is 3.42. The number of aryl methyl sites for hydroxylation is 2. The van der Waals surface area contributed by atoms with Crippen LogP contribution in [0.4, 0.5) is 5.82 Å². The van der Waals surface area contributed by atoms with Gasteiger partial charge in [-0.05, 0) is 26.7 Å². The molecule has 0 spiro atoms. The summed E-state index contributed by atoms with van der Waals surface area (Å²) in [5, 5.41) is 9.48. The van der Waals surface area contributed by atoms with E-state index in [1.165, 1.54) is 10.7 Å². The van der Waals surface area contributed by atoms with Crippen molar-refractivity contribution in [2.75, 3.05) is 5.32 Å². The highest BCUT2D eigenvalue weighted by molar-refractivity contribution is 6.39. The molecule has 2 amide bonds. The first-order valence-electron chi connectivity index (χ1n) is 8.19. The van der Waals surface area contributed by atoms with Crippen LogP contribution in [-0.4, -0.2) is 37.6 Å². The Morgan fingerprint density at radius 3 is 2.56 bits per heavy atom. The number of carbonyl (C=O) groups excluding carboxylic acids is 2. The van der Waals surface area contributed by atoms with Crippen molar-refractivity contribution in [2.45, 2.75) is 45.6 Å². The summed E-state index contributed by atoms with van der Waals surface area (Å²) >= 11 is 0. The smallest absolute Gasteiger partial charge is 0.314 e. The second-order valence-electron chi connectivity index (χ2n) is 6.20. The van der Waals surface area contributed by atoms with E-state index in [9.17, 15) is 14.4 Å². The maximum atomic E-state index is 12.2. The van der Waals surface area contributed by atoms with Gasteiger partial charge < -0.3 is 10.6 Å². The highest BCUT2D eigenvalue weighted by atomic mass is 16.2. The van der Waals surface area contributed by atoms with Crippen molar-refractivity contribution >= 4 is 17.6 Å². The van der Waals surface area contributed by atoms with Crippen LogP contribution in [0.5, 0.6) is 0 Å². The molecule has 9 nitrogen and oxygen atoms in total. The molecule has 3 rings (SSSR count). The minimum atomic E-state index is -0.775. The normalized spacial score (nSPS) is 14.5. The summed E-state index contributed by atoms with van der Waals surface area (Å²) in [6.07, 6.45) is 3.91. The van der Waals surface area contributed by atoms with E-state index in [0.29, 0.717) is 11.4 Å². The lowest BCUT2D eigenvalue weighted by Crippen LogP contribution is -2.40. The molecule has 0 bridgehead atoms. The lowest BCUT2D eigenvalue weighted by Gasteiger charge is -2.12. The first-order chi connectivity index (χ1) is 11.9. The van der Waals surface area contributed by atoms with Gasteiger partial charge in [0.05, 0.1) is 5.69 Å². The van der Waals surface area contributed by atoms with Gasteiger partial charge in [-0.1, -0.05) is 12.8 Å². The first kappa shape index (κ1) is 16.9. The fourth-order valence-electron chi connectivity index (χ4n) is 2.91. The first-order valence-corrected chi connectivity index (χ1v) is 8.19. The minimum absolute atomic E-state index is 0.0553. The van der Waals surface area contributed by atoms with Crippen molar-refractivity contribution in [3.63, 3.8) is 0 Å². The van der Waals surface area contributed by atoms with Crippen molar-refractivity contribution in [1.82, 2.24) is 25.1 Å². The molecule has 1 saturated carbocycles. The third kappa shape index (κ3) is 3.93. The molecule has 1 aliphatic carbocycles. The third-order valence-electron chi connectivity index (χ3n) is 4.03. The largest absolute Gasteiger partial charge is 0.345 e. The Morgan fingerprint density at radius 1 is 1.16 bits per heavy atom. The Hall–Kier alpha value is -2.97.